The summed E-state index contributed by atoms with van der Waals surface area (Å²) in [4.78, 5) is 22.6. The van der Waals surface area contributed by atoms with Crippen molar-refractivity contribution in [2.75, 3.05) is 11.9 Å². The standard InChI is InChI=1S/C14H13NO4S/c16-12(6-8-19-10-4-2-1-3-5-10)15-13-11(14(17)18)7-9-20-13/h1-5,7,9H,6,8H2,(H,15,16)(H,17,18). The minimum Gasteiger partial charge on any atom is -0.493 e. The van der Waals surface area contributed by atoms with Crippen LogP contribution in [0.2, 0.25) is 0 Å². The smallest absolute Gasteiger partial charge is 0.338 e. The Morgan fingerprint density at radius 2 is 1.95 bits per heavy atom. The second-order valence-electron chi connectivity index (χ2n) is 3.93. The summed E-state index contributed by atoms with van der Waals surface area (Å²) >= 11 is 1.18. The second kappa shape index (κ2) is 6.72. The van der Waals surface area contributed by atoms with E-state index in [1.807, 2.05) is 18.2 Å². The molecule has 0 fully saturated rings. The van der Waals surface area contributed by atoms with Gasteiger partial charge in [-0.05, 0) is 23.6 Å². The molecule has 5 nitrogen and oxygen atoms in total. The molecular formula is C14H13NO4S. The van der Waals surface area contributed by atoms with Gasteiger partial charge in [-0.2, -0.15) is 0 Å². The second-order valence-corrected chi connectivity index (χ2v) is 4.84. The van der Waals surface area contributed by atoms with Crippen LogP contribution < -0.4 is 10.1 Å². The maximum absolute atomic E-state index is 11.7. The molecule has 0 radical (unpaired) electrons. The summed E-state index contributed by atoms with van der Waals surface area (Å²) in [6.07, 6.45) is 0.159. The van der Waals surface area contributed by atoms with Gasteiger partial charge in [0.25, 0.3) is 0 Å². The van der Waals surface area contributed by atoms with E-state index >= 15 is 0 Å². The Labute approximate surface area is 119 Å². The first-order valence-electron chi connectivity index (χ1n) is 5.95. The first-order valence-corrected chi connectivity index (χ1v) is 6.83. The van der Waals surface area contributed by atoms with Crippen LogP contribution in [0.1, 0.15) is 16.8 Å². The first-order chi connectivity index (χ1) is 9.66. The lowest BCUT2D eigenvalue weighted by Gasteiger charge is -2.06. The Morgan fingerprint density at radius 1 is 1.20 bits per heavy atom. The van der Waals surface area contributed by atoms with Crippen LogP contribution in [0.5, 0.6) is 5.75 Å². The molecule has 0 bridgehead atoms. The van der Waals surface area contributed by atoms with E-state index in [2.05, 4.69) is 5.32 Å². The molecule has 0 spiro atoms. The third-order valence-electron chi connectivity index (χ3n) is 2.49. The lowest BCUT2D eigenvalue weighted by atomic mass is 10.3. The fraction of sp³-hybridized carbons (Fsp3) is 0.143. The minimum absolute atomic E-state index is 0.104. The summed E-state index contributed by atoms with van der Waals surface area (Å²) in [5, 5.41) is 13.5. The molecule has 0 saturated carbocycles. The SMILES string of the molecule is O=C(CCOc1ccccc1)Nc1sccc1C(=O)O. The first kappa shape index (κ1) is 14.1. The van der Waals surface area contributed by atoms with Crippen LogP contribution in [0, 0.1) is 0 Å². The summed E-state index contributed by atoms with van der Waals surface area (Å²) in [6.45, 7) is 0.240. The fourth-order valence-electron chi connectivity index (χ4n) is 1.54. The normalized spacial score (nSPS) is 10.0. The molecule has 0 atom stereocenters. The van der Waals surface area contributed by atoms with Crippen LogP contribution in [0.3, 0.4) is 0 Å². The lowest BCUT2D eigenvalue weighted by Crippen LogP contribution is -2.16. The molecular weight excluding hydrogens is 278 g/mol. The van der Waals surface area contributed by atoms with E-state index in [4.69, 9.17) is 9.84 Å². The van der Waals surface area contributed by atoms with Crippen molar-refractivity contribution in [3.8, 4) is 5.75 Å². The van der Waals surface area contributed by atoms with Gasteiger partial charge in [0.15, 0.2) is 0 Å². The van der Waals surface area contributed by atoms with E-state index in [1.54, 1.807) is 17.5 Å². The summed E-state index contributed by atoms with van der Waals surface area (Å²) in [5.41, 5.74) is 0.104. The zero-order valence-corrected chi connectivity index (χ0v) is 11.4. The number of carbonyl (C=O) groups is 2. The molecule has 1 aromatic heterocycles. The van der Waals surface area contributed by atoms with Crippen molar-refractivity contribution in [1.29, 1.82) is 0 Å². The summed E-state index contributed by atoms with van der Waals surface area (Å²) < 4.78 is 5.40. The molecule has 20 heavy (non-hydrogen) atoms. The molecule has 104 valence electrons. The van der Waals surface area contributed by atoms with Crippen LogP contribution in [0.25, 0.3) is 0 Å². The van der Waals surface area contributed by atoms with Crippen molar-refractivity contribution in [3.05, 3.63) is 47.3 Å². The monoisotopic (exact) mass is 291 g/mol. The number of hydrogen-bond acceptors (Lipinski definition) is 4. The number of anilines is 1. The van der Waals surface area contributed by atoms with Crippen LogP contribution in [-0.4, -0.2) is 23.6 Å². The molecule has 1 amide bonds. The summed E-state index contributed by atoms with van der Waals surface area (Å²) in [5.74, 6) is -0.629. The average molecular weight is 291 g/mol. The lowest BCUT2D eigenvalue weighted by molar-refractivity contribution is -0.116. The highest BCUT2D eigenvalue weighted by molar-refractivity contribution is 7.14. The molecule has 0 aliphatic heterocycles. The van der Waals surface area contributed by atoms with E-state index in [1.165, 1.54) is 17.4 Å². The van der Waals surface area contributed by atoms with E-state index < -0.39 is 5.97 Å². The molecule has 0 aliphatic rings. The molecule has 2 rings (SSSR count). The van der Waals surface area contributed by atoms with Crippen LogP contribution in [0.4, 0.5) is 5.00 Å². The van der Waals surface area contributed by atoms with Crippen LogP contribution in [-0.2, 0) is 4.79 Å². The van der Waals surface area contributed by atoms with Crippen molar-refractivity contribution in [3.63, 3.8) is 0 Å². The van der Waals surface area contributed by atoms with Gasteiger partial charge in [0.1, 0.15) is 10.8 Å². The average Bonchev–Trinajstić information content (AvgIpc) is 2.88. The Morgan fingerprint density at radius 3 is 2.65 bits per heavy atom. The van der Waals surface area contributed by atoms with Gasteiger partial charge in [0.2, 0.25) is 5.91 Å². The van der Waals surface area contributed by atoms with Gasteiger partial charge in [-0.1, -0.05) is 18.2 Å². The Kier molecular flexibility index (Phi) is 4.73. The van der Waals surface area contributed by atoms with Crippen molar-refractivity contribution in [2.45, 2.75) is 6.42 Å². The van der Waals surface area contributed by atoms with Gasteiger partial charge >= 0.3 is 5.97 Å². The van der Waals surface area contributed by atoms with Crippen molar-refractivity contribution in [1.82, 2.24) is 0 Å². The predicted molar refractivity (Wildman–Crippen MR) is 76.5 cm³/mol. The van der Waals surface area contributed by atoms with E-state index in [0.717, 1.165) is 0 Å². The number of nitrogens with one attached hydrogen (secondary N) is 1. The van der Waals surface area contributed by atoms with Gasteiger partial charge in [-0.15, -0.1) is 11.3 Å². The number of hydrogen-bond donors (Lipinski definition) is 2. The summed E-state index contributed by atoms with van der Waals surface area (Å²) in [6, 6.07) is 10.6. The van der Waals surface area contributed by atoms with Gasteiger partial charge < -0.3 is 15.2 Å². The maximum Gasteiger partial charge on any atom is 0.338 e. The molecule has 0 saturated heterocycles. The van der Waals surface area contributed by atoms with E-state index in [-0.39, 0.29) is 24.5 Å². The molecule has 0 aliphatic carbocycles. The number of para-hydroxylation sites is 1. The number of carboxylic acids is 1. The Balaban J connectivity index is 1.81. The third-order valence-corrected chi connectivity index (χ3v) is 3.32. The molecule has 1 heterocycles. The van der Waals surface area contributed by atoms with E-state index in [9.17, 15) is 9.59 Å². The van der Waals surface area contributed by atoms with Crippen molar-refractivity contribution in [2.24, 2.45) is 0 Å². The van der Waals surface area contributed by atoms with Crippen molar-refractivity contribution < 1.29 is 19.4 Å². The predicted octanol–water partition coefficient (Wildman–Crippen LogP) is 2.85. The van der Waals surface area contributed by atoms with Gasteiger partial charge in [0.05, 0.1) is 18.6 Å². The third kappa shape index (κ3) is 3.83. The number of carboxylic acid groups (broad SMARTS) is 1. The summed E-state index contributed by atoms with van der Waals surface area (Å²) in [7, 11) is 0. The fourth-order valence-corrected chi connectivity index (χ4v) is 2.34. The number of ether oxygens (including phenoxy) is 1. The number of carbonyl (C=O) groups excluding carboxylic acids is 1. The van der Waals surface area contributed by atoms with Crippen LogP contribution >= 0.6 is 11.3 Å². The van der Waals surface area contributed by atoms with E-state index in [0.29, 0.717) is 10.8 Å². The molecule has 2 aromatic rings. The van der Waals surface area contributed by atoms with Crippen molar-refractivity contribution >= 4 is 28.2 Å². The van der Waals surface area contributed by atoms with Gasteiger partial charge in [-0.25, -0.2) is 4.79 Å². The van der Waals surface area contributed by atoms with Gasteiger partial charge in [0, 0.05) is 0 Å². The highest BCUT2D eigenvalue weighted by Crippen LogP contribution is 2.23. The number of amides is 1. The molecule has 2 N–H and O–H groups in total. The Bertz CT molecular complexity index is 594. The highest BCUT2D eigenvalue weighted by atomic mass is 32.1. The number of aromatic carboxylic acids is 1. The van der Waals surface area contributed by atoms with Crippen LogP contribution in [0.15, 0.2) is 41.8 Å². The highest BCUT2D eigenvalue weighted by Gasteiger charge is 2.13. The minimum atomic E-state index is -1.05. The number of thiophene rings is 1. The van der Waals surface area contributed by atoms with Gasteiger partial charge in [-0.3, -0.25) is 4.79 Å². The molecule has 6 heteroatoms. The zero-order valence-electron chi connectivity index (χ0n) is 10.5. The topological polar surface area (TPSA) is 75.6 Å². The molecule has 1 aromatic carbocycles. The zero-order chi connectivity index (χ0) is 14.4. The number of benzene rings is 1. The molecule has 0 unspecified atom stereocenters. The number of rotatable bonds is 6. The maximum atomic E-state index is 11.7. The Hall–Kier alpha value is -2.34. The quantitative estimate of drug-likeness (QED) is 0.858. The largest absolute Gasteiger partial charge is 0.493 e.